The predicted molar refractivity (Wildman–Crippen MR) is 149 cm³/mol. The van der Waals surface area contributed by atoms with Crippen molar-refractivity contribution in [3.05, 3.63) is 106 Å². The summed E-state index contributed by atoms with van der Waals surface area (Å²) in [6, 6.07) is 16.8. The van der Waals surface area contributed by atoms with Crippen molar-refractivity contribution in [3.8, 4) is 0 Å². The SMILES string of the molecule is C/C=C(/c1cccc(C(C)F)c1)c1cc(F)c(C(=O)N2CCC(c3nc4ccccc4n3C(F)F)CC2)cc1C. The first-order valence-electron chi connectivity index (χ1n) is 13.4. The van der Waals surface area contributed by atoms with Crippen LogP contribution in [0.1, 0.15) is 83.8 Å². The number of halogens is 4. The fourth-order valence-electron chi connectivity index (χ4n) is 5.63. The van der Waals surface area contributed by atoms with Crippen LogP contribution in [0.25, 0.3) is 16.6 Å². The van der Waals surface area contributed by atoms with Crippen LogP contribution in [-0.2, 0) is 0 Å². The van der Waals surface area contributed by atoms with Gasteiger partial charge in [0.25, 0.3) is 5.91 Å². The van der Waals surface area contributed by atoms with Gasteiger partial charge < -0.3 is 4.90 Å². The van der Waals surface area contributed by atoms with Crippen molar-refractivity contribution in [2.24, 2.45) is 0 Å². The highest BCUT2D eigenvalue weighted by Crippen LogP contribution is 2.35. The van der Waals surface area contributed by atoms with Crippen molar-refractivity contribution >= 4 is 22.5 Å². The summed E-state index contributed by atoms with van der Waals surface area (Å²) in [4.78, 5) is 19.4. The molecule has 4 nitrogen and oxygen atoms in total. The van der Waals surface area contributed by atoms with Crippen molar-refractivity contribution in [3.63, 3.8) is 0 Å². The van der Waals surface area contributed by atoms with Gasteiger partial charge in [-0.15, -0.1) is 0 Å². The van der Waals surface area contributed by atoms with Gasteiger partial charge in [-0.3, -0.25) is 9.36 Å². The average molecular weight is 550 g/mol. The molecule has 1 aliphatic heterocycles. The molecule has 1 atom stereocenters. The maximum atomic E-state index is 15.4. The van der Waals surface area contributed by atoms with E-state index in [0.29, 0.717) is 53.9 Å². The van der Waals surface area contributed by atoms with Crippen LogP contribution in [0.3, 0.4) is 0 Å². The van der Waals surface area contributed by atoms with Crippen molar-refractivity contribution in [1.29, 1.82) is 0 Å². The summed E-state index contributed by atoms with van der Waals surface area (Å²) in [6.07, 6.45) is 1.62. The third-order valence-electron chi connectivity index (χ3n) is 7.75. The van der Waals surface area contributed by atoms with Gasteiger partial charge >= 0.3 is 6.55 Å². The summed E-state index contributed by atoms with van der Waals surface area (Å²) in [5.41, 5.74) is 4.27. The van der Waals surface area contributed by atoms with E-state index >= 15 is 4.39 Å². The number of benzene rings is 3. The Bertz CT molecular complexity index is 1580. The van der Waals surface area contributed by atoms with Crippen LogP contribution in [-0.4, -0.2) is 33.4 Å². The van der Waals surface area contributed by atoms with E-state index in [4.69, 9.17) is 0 Å². The molecular weight excluding hydrogens is 518 g/mol. The third kappa shape index (κ3) is 5.15. The zero-order valence-corrected chi connectivity index (χ0v) is 22.7. The molecule has 4 aromatic rings. The lowest BCUT2D eigenvalue weighted by molar-refractivity contribution is 0.0632. The van der Waals surface area contributed by atoms with E-state index in [9.17, 15) is 18.0 Å². The van der Waals surface area contributed by atoms with Gasteiger partial charge in [-0.05, 0) is 91.8 Å². The molecule has 0 aliphatic carbocycles. The van der Waals surface area contributed by atoms with Gasteiger partial charge in [-0.2, -0.15) is 8.78 Å². The standard InChI is InChI=1S/C32H31F4N3O/c1-4-24(23-9-7-8-22(17-23)20(3)33)25-18-27(34)26(16-19(25)2)31(40)38-14-12-21(13-15-38)30-37-28-10-5-6-11-29(28)39(30)32(35)36/h4-11,16-18,20-21,32H,12-15H2,1-3H3/b24-4-. The van der Waals surface area contributed by atoms with Gasteiger partial charge in [-0.25, -0.2) is 13.8 Å². The molecule has 0 N–H and O–H groups in total. The molecule has 2 heterocycles. The van der Waals surface area contributed by atoms with Crippen LogP contribution in [0.15, 0.2) is 66.7 Å². The van der Waals surface area contributed by atoms with Gasteiger partial charge in [0.1, 0.15) is 17.8 Å². The van der Waals surface area contributed by atoms with Crippen LogP contribution in [0.2, 0.25) is 0 Å². The summed E-state index contributed by atoms with van der Waals surface area (Å²) in [7, 11) is 0. The molecule has 1 aromatic heterocycles. The Balaban J connectivity index is 1.35. The average Bonchev–Trinajstić information content (AvgIpc) is 3.35. The normalized spacial score (nSPS) is 15.7. The van der Waals surface area contributed by atoms with Crippen molar-refractivity contribution in [2.45, 2.75) is 52.3 Å². The van der Waals surface area contributed by atoms with Crippen molar-refractivity contribution < 1.29 is 22.4 Å². The van der Waals surface area contributed by atoms with E-state index in [1.54, 1.807) is 53.4 Å². The van der Waals surface area contributed by atoms with Crippen LogP contribution < -0.4 is 0 Å². The maximum Gasteiger partial charge on any atom is 0.320 e. The Hall–Kier alpha value is -3.94. The van der Waals surface area contributed by atoms with Crippen LogP contribution >= 0.6 is 0 Å². The van der Waals surface area contributed by atoms with E-state index in [1.807, 2.05) is 26.0 Å². The van der Waals surface area contributed by atoms with Gasteiger partial charge in [0.15, 0.2) is 0 Å². The smallest absolute Gasteiger partial charge is 0.320 e. The van der Waals surface area contributed by atoms with E-state index in [-0.39, 0.29) is 11.5 Å². The number of carbonyl (C=O) groups excluding carboxylic acids is 1. The minimum Gasteiger partial charge on any atom is -0.339 e. The van der Waals surface area contributed by atoms with Gasteiger partial charge in [0.05, 0.1) is 16.6 Å². The Labute approximate surface area is 230 Å². The number of para-hydroxylation sites is 2. The molecule has 1 fully saturated rings. The second-order valence-electron chi connectivity index (χ2n) is 10.3. The monoisotopic (exact) mass is 549 g/mol. The molecular formula is C32H31F4N3O. The first kappa shape index (κ1) is 27.6. The molecule has 3 aromatic carbocycles. The fourth-order valence-corrected chi connectivity index (χ4v) is 5.63. The molecule has 0 saturated carbocycles. The van der Waals surface area contributed by atoms with Crippen LogP contribution in [0.4, 0.5) is 17.6 Å². The first-order valence-corrected chi connectivity index (χ1v) is 13.4. The highest BCUT2D eigenvalue weighted by molar-refractivity contribution is 5.96. The fraction of sp³-hybridized carbons (Fsp3) is 0.312. The molecule has 1 saturated heterocycles. The number of allylic oxidation sites excluding steroid dienone is 1. The Morgan fingerprint density at radius 3 is 2.40 bits per heavy atom. The molecule has 0 radical (unpaired) electrons. The highest BCUT2D eigenvalue weighted by Gasteiger charge is 2.31. The number of hydrogen-bond donors (Lipinski definition) is 0. The maximum absolute atomic E-state index is 15.4. The molecule has 5 rings (SSSR count). The molecule has 0 bridgehead atoms. The Morgan fingerprint density at radius 1 is 1.00 bits per heavy atom. The number of carbonyl (C=O) groups is 1. The van der Waals surface area contributed by atoms with E-state index in [2.05, 4.69) is 4.98 Å². The lowest BCUT2D eigenvalue weighted by atomic mass is 9.91. The van der Waals surface area contributed by atoms with Crippen LogP contribution in [0, 0.1) is 12.7 Å². The van der Waals surface area contributed by atoms with E-state index < -0.39 is 24.4 Å². The van der Waals surface area contributed by atoms with Crippen molar-refractivity contribution in [2.75, 3.05) is 13.1 Å². The summed E-state index contributed by atoms with van der Waals surface area (Å²) < 4.78 is 58.2. The zero-order valence-electron chi connectivity index (χ0n) is 22.7. The molecule has 1 aliphatic rings. The van der Waals surface area contributed by atoms with E-state index in [0.717, 1.165) is 21.3 Å². The second-order valence-corrected chi connectivity index (χ2v) is 10.3. The lowest BCUT2D eigenvalue weighted by Crippen LogP contribution is -2.38. The first-order chi connectivity index (χ1) is 19.2. The summed E-state index contributed by atoms with van der Waals surface area (Å²) in [6.45, 7) is 3.02. The number of piperidine rings is 1. The number of imidazole rings is 1. The van der Waals surface area contributed by atoms with Crippen LogP contribution in [0.5, 0.6) is 0 Å². The Morgan fingerprint density at radius 2 is 1.73 bits per heavy atom. The summed E-state index contributed by atoms with van der Waals surface area (Å²) in [5, 5.41) is 0. The summed E-state index contributed by atoms with van der Waals surface area (Å²) in [5.74, 6) is -0.982. The number of nitrogens with zero attached hydrogens (tertiary/aromatic N) is 3. The molecule has 208 valence electrons. The predicted octanol–water partition coefficient (Wildman–Crippen LogP) is 8.38. The number of likely N-dealkylation sites (tertiary alicyclic amines) is 1. The number of aryl methyl sites for hydroxylation is 1. The van der Waals surface area contributed by atoms with Gasteiger partial charge in [-0.1, -0.05) is 36.4 Å². The zero-order chi connectivity index (χ0) is 28.6. The largest absolute Gasteiger partial charge is 0.339 e. The minimum atomic E-state index is -2.72. The Kier molecular flexibility index (Phi) is 7.79. The number of alkyl halides is 3. The molecule has 1 amide bonds. The highest BCUT2D eigenvalue weighted by atomic mass is 19.3. The number of amides is 1. The molecule has 1 unspecified atom stereocenters. The topological polar surface area (TPSA) is 38.1 Å². The third-order valence-corrected chi connectivity index (χ3v) is 7.75. The molecule has 8 heteroatoms. The lowest BCUT2D eigenvalue weighted by Gasteiger charge is -2.32. The number of fused-ring (bicyclic) bond motifs is 1. The van der Waals surface area contributed by atoms with Crippen molar-refractivity contribution in [1.82, 2.24) is 14.5 Å². The number of rotatable bonds is 6. The summed E-state index contributed by atoms with van der Waals surface area (Å²) >= 11 is 0. The number of hydrogen-bond acceptors (Lipinski definition) is 2. The molecule has 0 spiro atoms. The van der Waals surface area contributed by atoms with E-state index in [1.165, 1.54) is 13.0 Å². The van der Waals surface area contributed by atoms with Gasteiger partial charge in [0, 0.05) is 19.0 Å². The number of aromatic nitrogens is 2. The van der Waals surface area contributed by atoms with Gasteiger partial charge in [0.2, 0.25) is 0 Å². The minimum absolute atomic E-state index is 0.0268. The second kappa shape index (κ2) is 11.3. The quantitative estimate of drug-likeness (QED) is 0.227. The molecule has 40 heavy (non-hydrogen) atoms.